The normalized spacial score (nSPS) is 20.5. The van der Waals surface area contributed by atoms with Gasteiger partial charge in [-0.15, -0.1) is 0 Å². The molecule has 2 bridgehead atoms. The van der Waals surface area contributed by atoms with Crippen LogP contribution in [0.4, 0.5) is 0 Å². The van der Waals surface area contributed by atoms with Gasteiger partial charge in [0.25, 0.3) is 0 Å². The lowest BCUT2D eigenvalue weighted by atomic mass is 9.86. The summed E-state index contributed by atoms with van der Waals surface area (Å²) in [6.07, 6.45) is 6.75. The van der Waals surface area contributed by atoms with Crippen LogP contribution in [0, 0.1) is 17.8 Å². The number of fused-ring (bicyclic) bond motifs is 2. The minimum Gasteiger partial charge on any atom is -0.481 e. The number of hydrogen-bond acceptors (Lipinski definition) is 7. The van der Waals surface area contributed by atoms with E-state index < -0.39 is 35.9 Å². The molecule has 2 aliphatic rings. The summed E-state index contributed by atoms with van der Waals surface area (Å²) in [6.45, 7) is 4.46. The van der Waals surface area contributed by atoms with E-state index in [9.17, 15) is 29.1 Å². The van der Waals surface area contributed by atoms with Gasteiger partial charge >= 0.3 is 5.97 Å². The zero-order valence-corrected chi connectivity index (χ0v) is 30.9. The number of carboxylic acid groups (broad SMARTS) is 1. The molecule has 11 nitrogen and oxygen atoms in total. The predicted molar refractivity (Wildman–Crippen MR) is 201 cm³/mol. The first kappa shape index (κ1) is 40.7. The molecule has 2 aromatic carbocycles. The first-order valence-electron chi connectivity index (χ1n) is 19.2. The highest BCUT2D eigenvalue weighted by molar-refractivity contribution is 5.95. The van der Waals surface area contributed by atoms with Gasteiger partial charge in [0.2, 0.25) is 17.7 Å². The van der Waals surface area contributed by atoms with Crippen LogP contribution in [0.25, 0.3) is 0 Å². The van der Waals surface area contributed by atoms with Crippen molar-refractivity contribution in [1.29, 1.82) is 0 Å². The van der Waals surface area contributed by atoms with Crippen molar-refractivity contribution < 1.29 is 29.1 Å². The maximum absolute atomic E-state index is 14.2. The van der Waals surface area contributed by atoms with E-state index in [2.05, 4.69) is 10.6 Å². The highest BCUT2D eigenvalue weighted by Gasteiger charge is 2.45. The van der Waals surface area contributed by atoms with Crippen LogP contribution in [-0.4, -0.2) is 76.2 Å². The number of carboxylic acids is 1. The third-order valence-electron chi connectivity index (χ3n) is 10.6. The second-order valence-electron chi connectivity index (χ2n) is 15.3. The molecule has 2 aliphatic heterocycles. The molecule has 3 amide bonds. The summed E-state index contributed by atoms with van der Waals surface area (Å²) in [5, 5.41) is 15.2. The van der Waals surface area contributed by atoms with Crippen molar-refractivity contribution in [1.82, 2.24) is 15.5 Å². The number of unbranched alkanes of at least 4 members (excludes halogenated alkanes) is 1. The highest BCUT2D eigenvalue weighted by atomic mass is 16.4. The van der Waals surface area contributed by atoms with E-state index in [1.54, 1.807) is 0 Å². The molecular formula is C41H59N5O6. The highest BCUT2D eigenvalue weighted by Crippen LogP contribution is 2.41. The van der Waals surface area contributed by atoms with Gasteiger partial charge in [-0.3, -0.25) is 24.0 Å². The molecule has 0 saturated carbocycles. The fraction of sp³-hybridized carbons (Fsp3) is 0.585. The van der Waals surface area contributed by atoms with Gasteiger partial charge in [0.15, 0.2) is 5.78 Å². The molecule has 11 heteroatoms. The second-order valence-corrected chi connectivity index (χ2v) is 15.3. The first-order valence-corrected chi connectivity index (χ1v) is 19.2. The number of nitrogens with two attached hydrogens (primary N) is 2. The topological polar surface area (TPSA) is 185 Å². The molecule has 0 aromatic heterocycles. The van der Waals surface area contributed by atoms with Gasteiger partial charge in [-0.2, -0.15) is 0 Å². The van der Waals surface area contributed by atoms with Gasteiger partial charge in [0, 0.05) is 30.8 Å². The molecule has 4 rings (SSSR count). The van der Waals surface area contributed by atoms with Gasteiger partial charge in [0.1, 0.15) is 6.04 Å². The van der Waals surface area contributed by atoms with E-state index in [4.69, 9.17) is 11.5 Å². The molecular weight excluding hydrogens is 658 g/mol. The second kappa shape index (κ2) is 20.2. The Morgan fingerprint density at radius 3 is 1.96 bits per heavy atom. The molecule has 7 N–H and O–H groups in total. The van der Waals surface area contributed by atoms with E-state index in [1.807, 2.05) is 79.4 Å². The van der Waals surface area contributed by atoms with E-state index in [1.165, 1.54) is 0 Å². The summed E-state index contributed by atoms with van der Waals surface area (Å²) in [5.74, 6) is -2.30. The fourth-order valence-electron chi connectivity index (χ4n) is 8.00. The Morgan fingerprint density at radius 1 is 0.827 bits per heavy atom. The summed E-state index contributed by atoms with van der Waals surface area (Å²) >= 11 is 0. The zero-order chi connectivity index (χ0) is 37.6. The van der Waals surface area contributed by atoms with Crippen LogP contribution in [0.2, 0.25) is 0 Å². The Kier molecular flexibility index (Phi) is 15.8. The molecule has 0 aliphatic carbocycles. The SMILES string of the molecule is CC(C)CC(CC(=O)C(Cc1ccccc1)NC(=O)C(N)Cc1ccccc1)C(=O)NC(CCCCN)C(=O)N1C2CCC1CC(CCC(=O)O)C2. The number of nitrogens with one attached hydrogen (secondary N) is 2. The van der Waals surface area contributed by atoms with Crippen LogP contribution < -0.4 is 22.1 Å². The molecule has 2 saturated heterocycles. The maximum atomic E-state index is 14.2. The van der Waals surface area contributed by atoms with E-state index in [0.717, 1.165) is 36.8 Å². The van der Waals surface area contributed by atoms with E-state index in [-0.39, 0.29) is 60.8 Å². The molecule has 284 valence electrons. The van der Waals surface area contributed by atoms with E-state index in [0.29, 0.717) is 45.1 Å². The number of piperidine rings is 1. The number of carbonyl (C=O) groups excluding carboxylic acids is 4. The molecule has 0 radical (unpaired) electrons. The zero-order valence-electron chi connectivity index (χ0n) is 30.9. The summed E-state index contributed by atoms with van der Waals surface area (Å²) in [7, 11) is 0. The number of Topliss-reactive ketones (excluding diaryl/α,β-unsaturated/α-hetero) is 1. The number of hydrogen-bond donors (Lipinski definition) is 5. The molecule has 2 heterocycles. The standard InChI is InChI=1S/C41H59N5O6/c1-27(2)21-31(26-37(47)36(25-29-13-7-4-8-14-29)45-40(51)34(43)24-28-11-5-3-6-12-28)39(50)44-35(15-9-10-20-42)41(52)46-32-17-18-33(46)23-30(22-32)16-19-38(48)49/h3-8,11-14,27,30-36H,9-10,15-26,42-43H2,1-2H3,(H,44,50)(H,45,51)(H,48,49). The van der Waals surface area contributed by atoms with Crippen molar-refractivity contribution in [2.75, 3.05) is 6.54 Å². The van der Waals surface area contributed by atoms with Crippen LogP contribution in [0.1, 0.15) is 95.6 Å². The Labute approximate surface area is 308 Å². The van der Waals surface area contributed by atoms with Crippen molar-refractivity contribution >= 4 is 29.5 Å². The monoisotopic (exact) mass is 717 g/mol. The van der Waals surface area contributed by atoms with Gasteiger partial charge in [-0.1, -0.05) is 74.5 Å². The lowest BCUT2D eigenvalue weighted by Crippen LogP contribution is -2.56. The minimum absolute atomic E-state index is 0.0302. The average molecular weight is 718 g/mol. The van der Waals surface area contributed by atoms with Gasteiger partial charge < -0.3 is 32.1 Å². The molecule has 2 fully saturated rings. The lowest BCUT2D eigenvalue weighted by molar-refractivity contribution is -0.143. The van der Waals surface area contributed by atoms with Crippen LogP contribution in [-0.2, 0) is 36.8 Å². The largest absolute Gasteiger partial charge is 0.481 e. The number of ketones is 1. The minimum atomic E-state index is -0.890. The van der Waals surface area contributed by atoms with Gasteiger partial charge in [-0.05, 0) is 100 Å². The maximum Gasteiger partial charge on any atom is 0.303 e. The number of carbonyl (C=O) groups is 5. The Bertz CT molecular complexity index is 1460. The van der Waals surface area contributed by atoms with Crippen LogP contribution in [0.3, 0.4) is 0 Å². The Balaban J connectivity index is 1.48. The number of benzene rings is 2. The quantitative estimate of drug-likeness (QED) is 0.119. The van der Waals surface area contributed by atoms with Crippen molar-refractivity contribution in [3.8, 4) is 0 Å². The number of rotatable bonds is 21. The molecule has 0 spiro atoms. The molecule has 6 atom stereocenters. The third-order valence-corrected chi connectivity index (χ3v) is 10.6. The third kappa shape index (κ3) is 12.3. The van der Waals surface area contributed by atoms with Crippen molar-refractivity contribution in [2.24, 2.45) is 29.2 Å². The fourth-order valence-corrected chi connectivity index (χ4v) is 8.00. The first-order chi connectivity index (χ1) is 24.9. The smallest absolute Gasteiger partial charge is 0.303 e. The van der Waals surface area contributed by atoms with Crippen LogP contribution in [0.15, 0.2) is 60.7 Å². The summed E-state index contributed by atoms with van der Waals surface area (Å²) in [5.41, 5.74) is 13.9. The van der Waals surface area contributed by atoms with Crippen molar-refractivity contribution in [3.63, 3.8) is 0 Å². The van der Waals surface area contributed by atoms with Crippen LogP contribution >= 0.6 is 0 Å². The van der Waals surface area contributed by atoms with Gasteiger partial charge in [-0.25, -0.2) is 0 Å². The van der Waals surface area contributed by atoms with Crippen molar-refractivity contribution in [3.05, 3.63) is 71.8 Å². The van der Waals surface area contributed by atoms with E-state index >= 15 is 0 Å². The summed E-state index contributed by atoms with van der Waals surface area (Å²) in [4.78, 5) is 68.9. The molecule has 6 unspecified atom stereocenters. The average Bonchev–Trinajstić information content (AvgIpc) is 3.38. The summed E-state index contributed by atoms with van der Waals surface area (Å²) in [6, 6.07) is 16.5. The Morgan fingerprint density at radius 2 is 1.40 bits per heavy atom. The van der Waals surface area contributed by atoms with Crippen LogP contribution in [0.5, 0.6) is 0 Å². The molecule has 52 heavy (non-hydrogen) atoms. The number of amides is 3. The number of nitrogens with zero attached hydrogens (tertiary/aromatic N) is 1. The molecule has 2 aromatic rings. The summed E-state index contributed by atoms with van der Waals surface area (Å²) < 4.78 is 0. The Hall–Kier alpha value is -4.09. The predicted octanol–water partition coefficient (Wildman–Crippen LogP) is 4.15. The van der Waals surface area contributed by atoms with Gasteiger partial charge in [0.05, 0.1) is 12.1 Å². The number of aliphatic carboxylic acids is 1. The lowest BCUT2D eigenvalue weighted by Gasteiger charge is -2.41. The van der Waals surface area contributed by atoms with Crippen molar-refractivity contribution in [2.45, 2.75) is 128 Å².